The highest BCUT2D eigenvalue weighted by Gasteiger charge is 2.01. The number of hydrogen-bond acceptors (Lipinski definition) is 3. The van der Waals surface area contributed by atoms with Crippen LogP contribution in [0.4, 0.5) is 0 Å². The molecule has 0 aromatic heterocycles. The van der Waals surface area contributed by atoms with Crippen molar-refractivity contribution >= 4 is 10.8 Å². The van der Waals surface area contributed by atoms with Gasteiger partial charge in [0.1, 0.15) is 5.75 Å². The van der Waals surface area contributed by atoms with Gasteiger partial charge in [-0.05, 0) is 24.3 Å². The van der Waals surface area contributed by atoms with Crippen molar-refractivity contribution in [3.8, 4) is 5.75 Å². The van der Waals surface area contributed by atoms with Gasteiger partial charge in [0.25, 0.3) is 0 Å². The molecule has 3 nitrogen and oxygen atoms in total. The summed E-state index contributed by atoms with van der Waals surface area (Å²) in [5, 5.41) is 8.94. The summed E-state index contributed by atoms with van der Waals surface area (Å²) in [5.41, 5.74) is 5.25. The number of hydrogen-bond donors (Lipinski definition) is 2. The topological polar surface area (TPSA) is 63.3 Å². The summed E-state index contributed by atoms with van der Waals surface area (Å²) < 4.78 is 11.3. The monoisotopic (exact) mass is 185 g/mol. The lowest BCUT2D eigenvalue weighted by atomic mass is 10.3. The maximum absolute atomic E-state index is 11.3. The third kappa shape index (κ3) is 2.32. The Kier molecular flexibility index (Phi) is 3.25. The summed E-state index contributed by atoms with van der Waals surface area (Å²) in [7, 11) is -1.03. The van der Waals surface area contributed by atoms with Crippen molar-refractivity contribution in [2.75, 3.05) is 12.3 Å². The molecular weight excluding hydrogens is 174 g/mol. The number of benzene rings is 1. The number of phenols is 1. The molecule has 12 heavy (non-hydrogen) atoms. The highest BCUT2D eigenvalue weighted by molar-refractivity contribution is 7.85. The second kappa shape index (κ2) is 4.23. The van der Waals surface area contributed by atoms with Crippen LogP contribution in [0.5, 0.6) is 5.75 Å². The summed E-state index contributed by atoms with van der Waals surface area (Å²) in [6.07, 6.45) is 0. The Morgan fingerprint density at radius 2 is 1.92 bits per heavy atom. The Morgan fingerprint density at radius 3 is 2.42 bits per heavy atom. The standard InChI is InChI=1S/C8H11NO2S/c9-5-6-12(11)8-3-1-7(10)2-4-8/h1-4,10H,5-6,9H2. The molecule has 0 aliphatic carbocycles. The van der Waals surface area contributed by atoms with Crippen molar-refractivity contribution in [3.05, 3.63) is 24.3 Å². The minimum Gasteiger partial charge on any atom is -0.508 e. The lowest BCUT2D eigenvalue weighted by Crippen LogP contribution is -2.10. The van der Waals surface area contributed by atoms with Gasteiger partial charge in [0.2, 0.25) is 0 Å². The van der Waals surface area contributed by atoms with Crippen molar-refractivity contribution < 1.29 is 9.32 Å². The fourth-order valence-electron chi connectivity index (χ4n) is 0.823. The Hall–Kier alpha value is -0.870. The van der Waals surface area contributed by atoms with Crippen LogP contribution in [-0.2, 0) is 10.8 Å². The molecule has 0 fully saturated rings. The van der Waals surface area contributed by atoms with Gasteiger partial charge in [-0.15, -0.1) is 0 Å². The van der Waals surface area contributed by atoms with Gasteiger partial charge in [-0.3, -0.25) is 4.21 Å². The average Bonchev–Trinajstić information content (AvgIpc) is 2.06. The first kappa shape index (κ1) is 9.22. The van der Waals surface area contributed by atoms with E-state index >= 15 is 0 Å². The minimum atomic E-state index is -1.03. The first-order valence-corrected chi connectivity index (χ1v) is 4.93. The van der Waals surface area contributed by atoms with Gasteiger partial charge in [-0.1, -0.05) is 0 Å². The summed E-state index contributed by atoms with van der Waals surface area (Å²) in [4.78, 5) is 0.707. The third-order valence-corrected chi connectivity index (χ3v) is 2.81. The molecule has 0 radical (unpaired) electrons. The highest BCUT2D eigenvalue weighted by atomic mass is 32.2. The lowest BCUT2D eigenvalue weighted by molar-refractivity contribution is 0.475. The fraction of sp³-hybridized carbons (Fsp3) is 0.250. The van der Waals surface area contributed by atoms with E-state index in [9.17, 15) is 4.21 Å². The SMILES string of the molecule is NCCS(=O)c1ccc(O)cc1. The number of nitrogens with two attached hydrogens (primary N) is 1. The molecule has 0 spiro atoms. The predicted molar refractivity (Wildman–Crippen MR) is 48.4 cm³/mol. The molecule has 0 bridgehead atoms. The molecular formula is C8H11NO2S. The largest absolute Gasteiger partial charge is 0.508 e. The van der Waals surface area contributed by atoms with Crippen LogP contribution in [0.15, 0.2) is 29.2 Å². The normalized spacial score (nSPS) is 12.8. The van der Waals surface area contributed by atoms with Crippen LogP contribution in [0, 0.1) is 0 Å². The van der Waals surface area contributed by atoms with Crippen LogP contribution in [0.25, 0.3) is 0 Å². The van der Waals surface area contributed by atoms with E-state index in [-0.39, 0.29) is 5.75 Å². The summed E-state index contributed by atoms with van der Waals surface area (Å²) in [5.74, 6) is 0.647. The molecule has 1 atom stereocenters. The van der Waals surface area contributed by atoms with E-state index < -0.39 is 10.8 Å². The Labute approximate surface area is 73.7 Å². The predicted octanol–water partition coefficient (Wildman–Crippen LogP) is 0.459. The number of aromatic hydroxyl groups is 1. The molecule has 0 aliphatic heterocycles. The average molecular weight is 185 g/mol. The van der Waals surface area contributed by atoms with Crippen molar-refractivity contribution in [1.82, 2.24) is 0 Å². The molecule has 1 aromatic rings. The second-order valence-electron chi connectivity index (χ2n) is 2.33. The molecule has 0 saturated heterocycles. The van der Waals surface area contributed by atoms with Crippen molar-refractivity contribution in [1.29, 1.82) is 0 Å². The fourth-order valence-corrected chi connectivity index (χ4v) is 1.71. The van der Waals surface area contributed by atoms with Crippen LogP contribution in [-0.4, -0.2) is 21.6 Å². The molecule has 1 unspecified atom stereocenters. The van der Waals surface area contributed by atoms with E-state index in [4.69, 9.17) is 10.8 Å². The molecule has 0 saturated carbocycles. The molecule has 0 amide bonds. The van der Waals surface area contributed by atoms with E-state index in [1.165, 1.54) is 12.1 Å². The number of phenolic OH excluding ortho intramolecular Hbond substituents is 1. The van der Waals surface area contributed by atoms with Gasteiger partial charge < -0.3 is 10.8 Å². The van der Waals surface area contributed by atoms with Crippen molar-refractivity contribution in [2.24, 2.45) is 5.73 Å². The van der Waals surface area contributed by atoms with Crippen LogP contribution in [0.2, 0.25) is 0 Å². The lowest BCUT2D eigenvalue weighted by Gasteiger charge is -1.99. The minimum absolute atomic E-state index is 0.184. The molecule has 1 rings (SSSR count). The van der Waals surface area contributed by atoms with E-state index in [1.807, 2.05) is 0 Å². The molecule has 66 valence electrons. The molecule has 0 aliphatic rings. The van der Waals surface area contributed by atoms with Gasteiger partial charge in [-0.25, -0.2) is 0 Å². The quantitative estimate of drug-likeness (QED) is 0.719. The van der Waals surface area contributed by atoms with E-state index in [0.717, 1.165) is 0 Å². The Balaban J connectivity index is 2.75. The Bertz CT molecular complexity index is 271. The Morgan fingerprint density at radius 1 is 1.33 bits per heavy atom. The summed E-state index contributed by atoms with van der Waals surface area (Å²) in [6.45, 7) is 0.410. The summed E-state index contributed by atoms with van der Waals surface area (Å²) in [6, 6.07) is 6.32. The van der Waals surface area contributed by atoms with Gasteiger partial charge in [-0.2, -0.15) is 0 Å². The van der Waals surface area contributed by atoms with Crippen LogP contribution < -0.4 is 5.73 Å². The zero-order chi connectivity index (χ0) is 8.97. The van der Waals surface area contributed by atoms with Crippen molar-refractivity contribution in [3.63, 3.8) is 0 Å². The van der Waals surface area contributed by atoms with Gasteiger partial charge >= 0.3 is 0 Å². The van der Waals surface area contributed by atoms with Gasteiger partial charge in [0, 0.05) is 17.2 Å². The van der Waals surface area contributed by atoms with Crippen LogP contribution >= 0.6 is 0 Å². The molecule has 3 N–H and O–H groups in total. The molecule has 4 heteroatoms. The van der Waals surface area contributed by atoms with E-state index in [1.54, 1.807) is 12.1 Å². The van der Waals surface area contributed by atoms with Gasteiger partial charge in [0.05, 0.1) is 10.8 Å². The first-order chi connectivity index (χ1) is 5.74. The van der Waals surface area contributed by atoms with E-state index in [2.05, 4.69) is 0 Å². The highest BCUT2D eigenvalue weighted by Crippen LogP contribution is 2.12. The second-order valence-corrected chi connectivity index (χ2v) is 3.90. The molecule has 0 heterocycles. The first-order valence-electron chi connectivity index (χ1n) is 3.61. The zero-order valence-corrected chi connectivity index (χ0v) is 7.38. The maximum Gasteiger partial charge on any atom is 0.115 e. The van der Waals surface area contributed by atoms with Gasteiger partial charge in [0.15, 0.2) is 0 Å². The summed E-state index contributed by atoms with van der Waals surface area (Å²) >= 11 is 0. The van der Waals surface area contributed by atoms with Crippen LogP contribution in [0.3, 0.4) is 0 Å². The molecule has 1 aromatic carbocycles. The smallest absolute Gasteiger partial charge is 0.115 e. The maximum atomic E-state index is 11.3. The third-order valence-electron chi connectivity index (χ3n) is 1.40. The van der Waals surface area contributed by atoms with E-state index in [0.29, 0.717) is 17.2 Å². The zero-order valence-electron chi connectivity index (χ0n) is 6.56. The van der Waals surface area contributed by atoms with Crippen LogP contribution in [0.1, 0.15) is 0 Å². The number of rotatable bonds is 3. The van der Waals surface area contributed by atoms with Crippen molar-refractivity contribution in [2.45, 2.75) is 4.90 Å².